The molecule has 2 heteroatoms. The number of carbonyl (C=O) groups is 1. The van der Waals surface area contributed by atoms with Crippen LogP contribution in [0.5, 0.6) is 0 Å². The van der Waals surface area contributed by atoms with Gasteiger partial charge in [-0.05, 0) is 19.8 Å². The van der Waals surface area contributed by atoms with E-state index in [0.717, 1.165) is 25.7 Å². The normalized spacial score (nSPS) is 11.5. The molecule has 0 saturated heterocycles. The molecular formula is C9H18O2. The molecule has 0 fully saturated rings. The first-order valence-corrected chi connectivity index (χ1v) is 4.30. The van der Waals surface area contributed by atoms with Crippen molar-refractivity contribution in [3.8, 4) is 0 Å². The minimum atomic E-state index is -0.652. The molecule has 0 aromatic rings. The van der Waals surface area contributed by atoms with Crippen molar-refractivity contribution in [2.45, 2.75) is 46.5 Å². The molecule has 0 aromatic heterocycles. The van der Waals surface area contributed by atoms with Crippen LogP contribution in [0.2, 0.25) is 0 Å². The lowest BCUT2D eigenvalue weighted by molar-refractivity contribution is -0.148. The average molecular weight is 158 g/mol. The SMILES string of the molecule is CCCC(C)(CCC)C(=O)O. The maximum Gasteiger partial charge on any atom is 0.309 e. The first-order valence-electron chi connectivity index (χ1n) is 4.30. The molecule has 0 radical (unpaired) electrons. The first-order chi connectivity index (χ1) is 5.06. The zero-order valence-electron chi connectivity index (χ0n) is 7.68. The highest BCUT2D eigenvalue weighted by molar-refractivity contribution is 5.73. The lowest BCUT2D eigenvalue weighted by Crippen LogP contribution is -2.26. The molecule has 0 rings (SSSR count). The van der Waals surface area contributed by atoms with Crippen molar-refractivity contribution >= 4 is 5.97 Å². The second-order valence-corrected chi connectivity index (χ2v) is 3.37. The Hall–Kier alpha value is -0.530. The third kappa shape index (κ3) is 2.91. The van der Waals surface area contributed by atoms with E-state index in [9.17, 15) is 4.79 Å². The lowest BCUT2D eigenvalue weighted by Gasteiger charge is -2.23. The summed E-state index contributed by atoms with van der Waals surface area (Å²) < 4.78 is 0. The number of hydrogen-bond acceptors (Lipinski definition) is 1. The summed E-state index contributed by atoms with van der Waals surface area (Å²) in [5.74, 6) is -0.652. The van der Waals surface area contributed by atoms with Gasteiger partial charge < -0.3 is 5.11 Å². The van der Waals surface area contributed by atoms with Crippen LogP contribution >= 0.6 is 0 Å². The molecule has 0 unspecified atom stereocenters. The molecule has 1 N–H and O–H groups in total. The van der Waals surface area contributed by atoms with Crippen LogP contribution in [0.15, 0.2) is 0 Å². The van der Waals surface area contributed by atoms with Gasteiger partial charge >= 0.3 is 5.97 Å². The summed E-state index contributed by atoms with van der Waals surface area (Å²) in [7, 11) is 0. The minimum absolute atomic E-state index is 0.483. The standard InChI is InChI=1S/C9H18O2/c1-4-6-9(3,7-5-2)8(10)11/h4-7H2,1-3H3,(H,10,11). The van der Waals surface area contributed by atoms with Crippen LogP contribution in [0.3, 0.4) is 0 Å². The molecule has 0 amide bonds. The van der Waals surface area contributed by atoms with Crippen LogP contribution in [0.25, 0.3) is 0 Å². The van der Waals surface area contributed by atoms with Gasteiger partial charge in [0.05, 0.1) is 5.41 Å². The van der Waals surface area contributed by atoms with E-state index in [1.54, 1.807) is 0 Å². The lowest BCUT2D eigenvalue weighted by atomic mass is 9.81. The molecule has 0 heterocycles. The Labute approximate surface area is 68.6 Å². The second kappa shape index (κ2) is 4.37. The highest BCUT2D eigenvalue weighted by atomic mass is 16.4. The monoisotopic (exact) mass is 158 g/mol. The van der Waals surface area contributed by atoms with Gasteiger partial charge in [0.2, 0.25) is 0 Å². The molecule has 0 atom stereocenters. The third-order valence-corrected chi connectivity index (χ3v) is 2.12. The molecule has 0 aliphatic carbocycles. The van der Waals surface area contributed by atoms with Crippen molar-refractivity contribution in [3.63, 3.8) is 0 Å². The van der Waals surface area contributed by atoms with Gasteiger partial charge in [0, 0.05) is 0 Å². The second-order valence-electron chi connectivity index (χ2n) is 3.37. The van der Waals surface area contributed by atoms with Gasteiger partial charge in [0.25, 0.3) is 0 Å². The van der Waals surface area contributed by atoms with Crippen LogP contribution in [0.4, 0.5) is 0 Å². The number of aliphatic carboxylic acids is 1. The third-order valence-electron chi connectivity index (χ3n) is 2.12. The Kier molecular flexibility index (Phi) is 4.16. The molecule has 0 aliphatic rings. The fourth-order valence-electron chi connectivity index (χ4n) is 1.44. The summed E-state index contributed by atoms with van der Waals surface area (Å²) in [6.45, 7) is 5.88. The molecular weight excluding hydrogens is 140 g/mol. The van der Waals surface area contributed by atoms with E-state index in [4.69, 9.17) is 5.11 Å². The van der Waals surface area contributed by atoms with Gasteiger partial charge in [0.1, 0.15) is 0 Å². The predicted molar refractivity (Wildman–Crippen MR) is 45.6 cm³/mol. The summed E-state index contributed by atoms with van der Waals surface area (Å²) in [6.07, 6.45) is 3.47. The van der Waals surface area contributed by atoms with Crippen molar-refractivity contribution in [2.75, 3.05) is 0 Å². The summed E-state index contributed by atoms with van der Waals surface area (Å²) in [5, 5.41) is 8.89. The highest BCUT2D eigenvalue weighted by Gasteiger charge is 2.30. The molecule has 0 saturated carbocycles. The average Bonchev–Trinajstić information content (AvgIpc) is 1.88. The maximum absolute atomic E-state index is 10.8. The van der Waals surface area contributed by atoms with Crippen LogP contribution < -0.4 is 0 Å². The Balaban J connectivity index is 4.13. The maximum atomic E-state index is 10.8. The van der Waals surface area contributed by atoms with Crippen LogP contribution in [-0.2, 0) is 4.79 Å². The molecule has 66 valence electrons. The van der Waals surface area contributed by atoms with Gasteiger partial charge in [-0.2, -0.15) is 0 Å². The van der Waals surface area contributed by atoms with Crippen molar-refractivity contribution in [1.29, 1.82) is 0 Å². The number of carboxylic acids is 1. The Bertz CT molecular complexity index is 124. The smallest absolute Gasteiger partial charge is 0.309 e. The Morgan fingerprint density at radius 2 is 1.64 bits per heavy atom. The van der Waals surface area contributed by atoms with Gasteiger partial charge in [-0.1, -0.05) is 26.7 Å². The van der Waals surface area contributed by atoms with Crippen LogP contribution in [-0.4, -0.2) is 11.1 Å². The number of carboxylic acid groups (broad SMARTS) is 1. The van der Waals surface area contributed by atoms with E-state index < -0.39 is 11.4 Å². The van der Waals surface area contributed by atoms with E-state index in [2.05, 4.69) is 0 Å². The van der Waals surface area contributed by atoms with Gasteiger partial charge in [-0.3, -0.25) is 4.79 Å². The van der Waals surface area contributed by atoms with Gasteiger partial charge in [-0.15, -0.1) is 0 Å². The summed E-state index contributed by atoms with van der Waals surface area (Å²) in [4.78, 5) is 10.8. The Morgan fingerprint density at radius 1 is 1.27 bits per heavy atom. The first kappa shape index (κ1) is 10.5. The topological polar surface area (TPSA) is 37.3 Å². The van der Waals surface area contributed by atoms with Crippen molar-refractivity contribution in [3.05, 3.63) is 0 Å². The predicted octanol–water partition coefficient (Wildman–Crippen LogP) is 2.68. The fourth-order valence-corrected chi connectivity index (χ4v) is 1.44. The summed E-state index contributed by atoms with van der Waals surface area (Å²) in [5.41, 5.74) is -0.483. The quantitative estimate of drug-likeness (QED) is 0.668. The van der Waals surface area contributed by atoms with E-state index in [1.807, 2.05) is 20.8 Å². The van der Waals surface area contributed by atoms with Crippen molar-refractivity contribution < 1.29 is 9.90 Å². The molecule has 0 spiro atoms. The van der Waals surface area contributed by atoms with E-state index in [1.165, 1.54) is 0 Å². The number of hydrogen-bond donors (Lipinski definition) is 1. The van der Waals surface area contributed by atoms with Crippen LogP contribution in [0, 0.1) is 5.41 Å². The fraction of sp³-hybridized carbons (Fsp3) is 0.889. The molecule has 0 aromatic carbocycles. The van der Waals surface area contributed by atoms with E-state index in [0.29, 0.717) is 0 Å². The molecule has 0 aliphatic heterocycles. The Morgan fingerprint density at radius 3 is 1.82 bits per heavy atom. The molecule has 11 heavy (non-hydrogen) atoms. The van der Waals surface area contributed by atoms with Crippen molar-refractivity contribution in [1.82, 2.24) is 0 Å². The zero-order chi connectivity index (χ0) is 8.91. The largest absolute Gasteiger partial charge is 0.481 e. The summed E-state index contributed by atoms with van der Waals surface area (Å²) >= 11 is 0. The van der Waals surface area contributed by atoms with Crippen molar-refractivity contribution in [2.24, 2.45) is 5.41 Å². The van der Waals surface area contributed by atoms with Gasteiger partial charge in [0.15, 0.2) is 0 Å². The summed E-state index contributed by atoms with van der Waals surface area (Å²) in [6, 6.07) is 0. The van der Waals surface area contributed by atoms with E-state index in [-0.39, 0.29) is 0 Å². The van der Waals surface area contributed by atoms with Gasteiger partial charge in [-0.25, -0.2) is 0 Å². The van der Waals surface area contributed by atoms with E-state index >= 15 is 0 Å². The zero-order valence-corrected chi connectivity index (χ0v) is 7.68. The highest BCUT2D eigenvalue weighted by Crippen LogP contribution is 2.28. The number of rotatable bonds is 5. The molecule has 2 nitrogen and oxygen atoms in total. The molecule has 0 bridgehead atoms. The van der Waals surface area contributed by atoms with Crippen LogP contribution in [0.1, 0.15) is 46.5 Å². The minimum Gasteiger partial charge on any atom is -0.481 e.